The highest BCUT2D eigenvalue weighted by atomic mass is 16.5. The molecule has 0 N–H and O–H groups in total. The van der Waals surface area contributed by atoms with E-state index in [1.165, 1.54) is 16.7 Å². The zero-order valence-electron chi connectivity index (χ0n) is 13.4. The first kappa shape index (κ1) is 15.1. The summed E-state index contributed by atoms with van der Waals surface area (Å²) in [4.78, 5) is 12.3. The molecular formula is C18H28O2. The average Bonchev–Trinajstić information content (AvgIpc) is 2.43. The fourth-order valence-electron chi connectivity index (χ4n) is 2.97. The molecule has 0 spiro atoms. The van der Waals surface area contributed by atoms with E-state index in [1.807, 2.05) is 13.0 Å². The normalized spacial score (nSPS) is 22.6. The van der Waals surface area contributed by atoms with Gasteiger partial charge in [0.1, 0.15) is 5.75 Å². The molecule has 0 heterocycles. The van der Waals surface area contributed by atoms with Gasteiger partial charge in [-0.1, -0.05) is 6.92 Å². The molecule has 0 atom stereocenters. The second kappa shape index (κ2) is 5.99. The van der Waals surface area contributed by atoms with Gasteiger partial charge in [-0.2, -0.15) is 0 Å². The Morgan fingerprint density at radius 2 is 1.65 bits per heavy atom. The van der Waals surface area contributed by atoms with Crippen molar-refractivity contribution in [2.45, 2.75) is 60.3 Å². The quantitative estimate of drug-likeness (QED) is 0.567. The lowest BCUT2D eigenvalue weighted by atomic mass is 9.83. The Labute approximate surface area is 124 Å². The molecule has 1 saturated carbocycles. The first-order valence-electron chi connectivity index (χ1n) is 7.69. The lowest BCUT2D eigenvalue weighted by Gasteiger charge is -2.25. The Hall–Kier alpha value is -1.31. The zero-order chi connectivity index (χ0) is 14.9. The standard InChI is InChI=1S/C18H26O2.H2/c1-11-6-8-16(9-7-11)18(19)20-17-10-12(2)13(3)14(4)15(17)5;/h10-11,16H,6-9H2,1-5H3;1H. The van der Waals surface area contributed by atoms with Crippen molar-refractivity contribution in [1.82, 2.24) is 0 Å². The van der Waals surface area contributed by atoms with Gasteiger partial charge < -0.3 is 4.74 Å². The minimum Gasteiger partial charge on any atom is -0.426 e. The van der Waals surface area contributed by atoms with E-state index in [-0.39, 0.29) is 13.3 Å². The predicted octanol–water partition coefficient (Wildman–Crippen LogP) is 4.90. The van der Waals surface area contributed by atoms with Crippen molar-refractivity contribution in [3.63, 3.8) is 0 Å². The van der Waals surface area contributed by atoms with E-state index in [9.17, 15) is 4.79 Å². The maximum atomic E-state index is 12.3. The first-order chi connectivity index (χ1) is 9.40. The molecule has 0 aromatic heterocycles. The average molecular weight is 276 g/mol. The van der Waals surface area contributed by atoms with E-state index in [2.05, 4.69) is 27.7 Å². The molecule has 1 fully saturated rings. The summed E-state index contributed by atoms with van der Waals surface area (Å²) in [6.07, 6.45) is 4.24. The molecule has 0 bridgehead atoms. The van der Waals surface area contributed by atoms with Crippen LogP contribution in [-0.2, 0) is 4.79 Å². The van der Waals surface area contributed by atoms with Gasteiger partial charge in [-0.25, -0.2) is 0 Å². The molecule has 0 unspecified atom stereocenters. The smallest absolute Gasteiger partial charge is 0.314 e. The molecule has 0 radical (unpaired) electrons. The van der Waals surface area contributed by atoms with Crippen molar-refractivity contribution in [1.29, 1.82) is 0 Å². The van der Waals surface area contributed by atoms with Gasteiger partial charge in [0.2, 0.25) is 0 Å². The second-order valence-electron chi connectivity index (χ2n) is 6.44. The lowest BCUT2D eigenvalue weighted by Crippen LogP contribution is -2.25. The minimum atomic E-state index is -0.0392. The Kier molecular flexibility index (Phi) is 4.52. The van der Waals surface area contributed by atoms with Crippen molar-refractivity contribution in [2.75, 3.05) is 0 Å². The van der Waals surface area contributed by atoms with Gasteiger partial charge in [0.05, 0.1) is 5.92 Å². The van der Waals surface area contributed by atoms with Crippen LogP contribution >= 0.6 is 0 Å². The Morgan fingerprint density at radius 3 is 2.25 bits per heavy atom. The number of ether oxygens (including phenoxy) is 1. The lowest BCUT2D eigenvalue weighted by molar-refractivity contribution is -0.140. The number of carbonyl (C=O) groups excluding carboxylic acids is 1. The predicted molar refractivity (Wildman–Crippen MR) is 84.3 cm³/mol. The molecule has 1 aliphatic rings. The van der Waals surface area contributed by atoms with Crippen LogP contribution in [0.3, 0.4) is 0 Å². The first-order valence-corrected chi connectivity index (χ1v) is 7.69. The summed E-state index contributed by atoms with van der Waals surface area (Å²) in [7, 11) is 0. The van der Waals surface area contributed by atoms with Crippen LogP contribution in [0.5, 0.6) is 5.75 Å². The number of hydrogen-bond acceptors (Lipinski definition) is 2. The third kappa shape index (κ3) is 3.05. The molecule has 0 amide bonds. The third-order valence-corrected chi connectivity index (χ3v) is 4.99. The molecule has 2 nitrogen and oxygen atoms in total. The molecule has 0 aliphatic heterocycles. The maximum Gasteiger partial charge on any atom is 0.314 e. The summed E-state index contributed by atoms with van der Waals surface area (Å²) in [5.74, 6) is 1.55. The summed E-state index contributed by atoms with van der Waals surface area (Å²) in [5.41, 5.74) is 4.79. The van der Waals surface area contributed by atoms with Crippen molar-refractivity contribution in [2.24, 2.45) is 11.8 Å². The topological polar surface area (TPSA) is 26.3 Å². The van der Waals surface area contributed by atoms with Crippen LogP contribution in [0.1, 0.15) is 56.3 Å². The largest absolute Gasteiger partial charge is 0.426 e. The minimum absolute atomic E-state index is 0. The molecule has 20 heavy (non-hydrogen) atoms. The molecule has 2 heteroatoms. The number of benzene rings is 1. The van der Waals surface area contributed by atoms with Crippen molar-refractivity contribution < 1.29 is 11.0 Å². The summed E-state index contributed by atoms with van der Waals surface area (Å²) in [6, 6.07) is 2.00. The highest BCUT2D eigenvalue weighted by Crippen LogP contribution is 2.32. The summed E-state index contributed by atoms with van der Waals surface area (Å²) in [5, 5.41) is 0. The Bertz CT molecular complexity index is 514. The monoisotopic (exact) mass is 276 g/mol. The van der Waals surface area contributed by atoms with Crippen LogP contribution in [-0.4, -0.2) is 5.97 Å². The van der Waals surface area contributed by atoms with Crippen LogP contribution in [0.4, 0.5) is 0 Å². The van der Waals surface area contributed by atoms with Crippen LogP contribution in [0, 0.1) is 39.5 Å². The van der Waals surface area contributed by atoms with E-state index in [0.29, 0.717) is 0 Å². The number of esters is 1. The van der Waals surface area contributed by atoms with Gasteiger partial charge >= 0.3 is 5.97 Å². The van der Waals surface area contributed by atoms with Crippen LogP contribution in [0.2, 0.25) is 0 Å². The van der Waals surface area contributed by atoms with Crippen LogP contribution in [0.25, 0.3) is 0 Å². The van der Waals surface area contributed by atoms with Gasteiger partial charge in [0.25, 0.3) is 0 Å². The number of hydrogen-bond donors (Lipinski definition) is 0. The van der Waals surface area contributed by atoms with Crippen LogP contribution in [0.15, 0.2) is 6.07 Å². The van der Waals surface area contributed by atoms with Gasteiger partial charge in [-0.05, 0) is 87.6 Å². The molecule has 112 valence electrons. The maximum absolute atomic E-state index is 12.3. The summed E-state index contributed by atoms with van der Waals surface area (Å²) in [6.45, 7) is 10.6. The molecule has 0 saturated heterocycles. The Morgan fingerprint density at radius 1 is 1.05 bits per heavy atom. The number of carbonyl (C=O) groups is 1. The number of aryl methyl sites for hydroxylation is 1. The second-order valence-corrected chi connectivity index (χ2v) is 6.44. The van der Waals surface area contributed by atoms with Gasteiger partial charge in [0, 0.05) is 1.43 Å². The summed E-state index contributed by atoms with van der Waals surface area (Å²) < 4.78 is 5.70. The van der Waals surface area contributed by atoms with Gasteiger partial charge in [-0.15, -0.1) is 0 Å². The van der Waals surface area contributed by atoms with Crippen molar-refractivity contribution >= 4 is 5.97 Å². The highest BCUT2D eigenvalue weighted by molar-refractivity contribution is 5.76. The fourth-order valence-corrected chi connectivity index (χ4v) is 2.97. The molecule has 1 aliphatic carbocycles. The SMILES string of the molecule is Cc1cc(OC(=O)C2CCC(C)CC2)c(C)c(C)c1C.[HH]. The molecule has 2 rings (SSSR count). The van der Waals surface area contributed by atoms with E-state index in [1.54, 1.807) is 0 Å². The van der Waals surface area contributed by atoms with Crippen molar-refractivity contribution in [3.05, 3.63) is 28.3 Å². The fraction of sp³-hybridized carbons (Fsp3) is 0.611. The third-order valence-electron chi connectivity index (χ3n) is 4.99. The van der Waals surface area contributed by atoms with E-state index >= 15 is 0 Å². The van der Waals surface area contributed by atoms with E-state index in [0.717, 1.165) is 42.9 Å². The van der Waals surface area contributed by atoms with Crippen molar-refractivity contribution in [3.8, 4) is 5.75 Å². The number of rotatable bonds is 2. The summed E-state index contributed by atoms with van der Waals surface area (Å²) >= 11 is 0. The van der Waals surface area contributed by atoms with E-state index < -0.39 is 0 Å². The molecule has 1 aromatic carbocycles. The highest BCUT2D eigenvalue weighted by Gasteiger charge is 2.26. The molecular weight excluding hydrogens is 248 g/mol. The molecule has 1 aromatic rings. The van der Waals surface area contributed by atoms with Gasteiger partial charge in [-0.3, -0.25) is 4.79 Å². The van der Waals surface area contributed by atoms with E-state index in [4.69, 9.17) is 4.74 Å². The van der Waals surface area contributed by atoms with Crippen LogP contribution < -0.4 is 4.74 Å². The Balaban J connectivity index is 0.00000220. The van der Waals surface area contributed by atoms with Gasteiger partial charge in [0.15, 0.2) is 0 Å². The zero-order valence-corrected chi connectivity index (χ0v) is 13.4.